The number of allylic oxidation sites excluding steroid dienone is 7. The molecule has 3 rings (SSSR count). The van der Waals surface area contributed by atoms with Crippen molar-refractivity contribution in [2.24, 2.45) is 28.1 Å². The van der Waals surface area contributed by atoms with Gasteiger partial charge in [-0.2, -0.15) is 0 Å². The zero-order chi connectivity index (χ0) is 28.0. The predicted octanol–water partition coefficient (Wildman–Crippen LogP) is 1.07. The molecule has 0 saturated heterocycles. The molecule has 0 heterocycles. The Kier molecular flexibility index (Phi) is 10.3. The Morgan fingerprint density at radius 2 is 1.76 bits per heavy atom. The number of methoxy groups -OCH3 is 1. The van der Waals surface area contributed by atoms with E-state index >= 15 is 0 Å². The molecule has 7 atom stereocenters. The largest absolute Gasteiger partial charge is 1.00 e. The average Bonchev–Trinajstić information content (AvgIpc) is 3.07. The van der Waals surface area contributed by atoms with Crippen LogP contribution in [0, 0.1) is 28.1 Å². The molecule has 2 N–H and O–H groups in total. The summed E-state index contributed by atoms with van der Waals surface area (Å²) in [5.74, 6) is -1.24. The molecule has 3 fully saturated rings. The number of ether oxygens (including phenoxy) is 1. The van der Waals surface area contributed by atoms with Crippen LogP contribution in [-0.4, -0.2) is 46.9 Å². The van der Waals surface area contributed by atoms with Crippen LogP contribution in [0.4, 0.5) is 0 Å². The first kappa shape index (κ1) is 33.2. The number of ketones is 1. The number of carbonyl (C=O) groups excluding carboxylic acids is 2. The molecule has 3 aliphatic carbocycles. The number of carbonyl (C=O) groups is 2. The molecule has 0 aliphatic heterocycles. The van der Waals surface area contributed by atoms with Crippen molar-refractivity contribution in [3.05, 3.63) is 47.1 Å². The maximum atomic E-state index is 13.4. The van der Waals surface area contributed by atoms with Gasteiger partial charge in [0.1, 0.15) is 6.10 Å². The van der Waals surface area contributed by atoms with Crippen LogP contribution >= 0.6 is 0 Å². The number of aliphatic hydroxyl groups is 2. The Bertz CT molecular complexity index is 1050. The van der Waals surface area contributed by atoms with Gasteiger partial charge in [-0.3, -0.25) is 4.79 Å². The Morgan fingerprint density at radius 1 is 1.13 bits per heavy atom. The summed E-state index contributed by atoms with van der Waals surface area (Å²) in [4.78, 5) is 25.7. The third-order valence-electron chi connectivity index (χ3n) is 9.95. The van der Waals surface area contributed by atoms with E-state index in [0.717, 1.165) is 16.7 Å². The monoisotopic (exact) mass is 536 g/mol. The van der Waals surface area contributed by atoms with E-state index in [4.69, 9.17) is 4.74 Å². The number of hydrogen-bond acceptors (Lipinski definition) is 6. The first-order valence-electron chi connectivity index (χ1n) is 13.5. The number of aliphatic hydroxyl groups excluding tert-OH is 1. The summed E-state index contributed by atoms with van der Waals surface area (Å²) < 4.78 is 5.35. The second kappa shape index (κ2) is 11.8. The molecule has 6 nitrogen and oxygen atoms in total. The number of carboxylic acids is 1. The average molecular weight is 537 g/mol. The van der Waals surface area contributed by atoms with E-state index in [1.807, 2.05) is 44.2 Å². The van der Waals surface area contributed by atoms with Crippen molar-refractivity contribution < 1.29 is 59.2 Å². The summed E-state index contributed by atoms with van der Waals surface area (Å²) in [6.45, 7) is 13.3. The smallest absolute Gasteiger partial charge is 0.549 e. The first-order chi connectivity index (χ1) is 17.0. The molecule has 3 saturated carbocycles. The quantitative estimate of drug-likeness (QED) is 0.287. The molecule has 0 aromatic rings. The SMILES string of the molecule is COC(/C=C/C(C)=C/C=C/C(C)=C1\C(=O)C[C@H]2[C@@]3(C)CC[C@@H](O)[C@](C)(C(=O)[O-])[C@@H]3CC[C@]12C)C(C)(C)O.[Na+]. The number of rotatable bonds is 7. The number of fused-ring (bicyclic) bond motifs is 3. The number of Topliss-reactive ketones (excluding diaryl/α,β-unsaturated/α-hetero) is 1. The Morgan fingerprint density at radius 3 is 2.32 bits per heavy atom. The number of hydrogen-bond donors (Lipinski definition) is 2. The molecule has 0 bridgehead atoms. The van der Waals surface area contributed by atoms with Gasteiger partial charge in [0.15, 0.2) is 5.78 Å². The second-order valence-electron chi connectivity index (χ2n) is 12.8. The van der Waals surface area contributed by atoms with Gasteiger partial charge in [-0.05, 0) is 76.2 Å². The fraction of sp³-hybridized carbons (Fsp3) is 0.677. The van der Waals surface area contributed by atoms with Crippen molar-refractivity contribution in [1.29, 1.82) is 0 Å². The molecule has 1 unspecified atom stereocenters. The Labute approximate surface area is 250 Å². The topological polar surface area (TPSA) is 107 Å². The fourth-order valence-electron chi connectivity index (χ4n) is 7.87. The molecule has 0 spiro atoms. The Hall–Kier alpha value is -1.02. The van der Waals surface area contributed by atoms with E-state index in [-0.39, 0.29) is 58.0 Å². The summed E-state index contributed by atoms with van der Waals surface area (Å²) >= 11 is 0. The van der Waals surface area contributed by atoms with Crippen LogP contribution in [0.25, 0.3) is 0 Å². The minimum Gasteiger partial charge on any atom is -0.549 e. The predicted molar refractivity (Wildman–Crippen MR) is 142 cm³/mol. The Balaban J connectivity index is 0.00000507. The van der Waals surface area contributed by atoms with Crippen molar-refractivity contribution in [3.8, 4) is 0 Å². The number of aliphatic carboxylic acids is 1. The van der Waals surface area contributed by atoms with Gasteiger partial charge in [0.25, 0.3) is 0 Å². The van der Waals surface area contributed by atoms with Crippen LogP contribution in [0.3, 0.4) is 0 Å². The van der Waals surface area contributed by atoms with Crippen molar-refractivity contribution in [2.75, 3.05) is 7.11 Å². The van der Waals surface area contributed by atoms with Crippen molar-refractivity contribution in [3.63, 3.8) is 0 Å². The van der Waals surface area contributed by atoms with Crippen LogP contribution in [0.15, 0.2) is 47.1 Å². The maximum absolute atomic E-state index is 13.4. The van der Waals surface area contributed by atoms with Gasteiger partial charge in [0, 0.05) is 29.9 Å². The molecule has 3 aliphatic rings. The van der Waals surface area contributed by atoms with Crippen LogP contribution in [0.1, 0.15) is 80.6 Å². The third kappa shape index (κ3) is 5.73. The fourth-order valence-corrected chi connectivity index (χ4v) is 7.87. The molecule has 206 valence electrons. The third-order valence-corrected chi connectivity index (χ3v) is 9.95. The summed E-state index contributed by atoms with van der Waals surface area (Å²) in [7, 11) is 1.57. The van der Waals surface area contributed by atoms with E-state index in [0.29, 0.717) is 32.1 Å². The van der Waals surface area contributed by atoms with E-state index in [1.54, 1.807) is 27.9 Å². The van der Waals surface area contributed by atoms with Crippen molar-refractivity contribution >= 4 is 11.8 Å². The van der Waals surface area contributed by atoms with Crippen LogP contribution < -0.4 is 34.7 Å². The van der Waals surface area contributed by atoms with Crippen molar-refractivity contribution in [2.45, 2.75) is 98.4 Å². The molecule has 0 radical (unpaired) electrons. The molecule has 0 amide bonds. The van der Waals surface area contributed by atoms with Crippen molar-refractivity contribution in [1.82, 2.24) is 0 Å². The van der Waals surface area contributed by atoms with Gasteiger partial charge in [-0.15, -0.1) is 0 Å². The summed E-state index contributed by atoms with van der Waals surface area (Å²) in [5, 5.41) is 33.1. The van der Waals surface area contributed by atoms with Gasteiger partial charge in [-0.1, -0.05) is 56.7 Å². The van der Waals surface area contributed by atoms with Gasteiger partial charge in [-0.25, -0.2) is 0 Å². The summed E-state index contributed by atoms with van der Waals surface area (Å²) in [6.07, 6.45) is 11.2. The van der Waals surface area contributed by atoms with Crippen LogP contribution in [0.2, 0.25) is 0 Å². The minimum absolute atomic E-state index is 0. The molecule has 7 heteroatoms. The van der Waals surface area contributed by atoms with E-state index in [9.17, 15) is 24.9 Å². The normalized spacial score (nSPS) is 38.1. The number of carboxylic acid groups (broad SMARTS) is 1. The van der Waals surface area contributed by atoms with E-state index in [1.165, 1.54) is 0 Å². The molecular weight excluding hydrogens is 491 g/mol. The van der Waals surface area contributed by atoms with Gasteiger partial charge in [0.2, 0.25) is 0 Å². The molecule has 0 aromatic carbocycles. The first-order valence-corrected chi connectivity index (χ1v) is 13.5. The molecule has 38 heavy (non-hydrogen) atoms. The van der Waals surface area contributed by atoms with E-state index in [2.05, 4.69) is 13.8 Å². The second-order valence-corrected chi connectivity index (χ2v) is 12.8. The van der Waals surface area contributed by atoms with Crippen LogP contribution in [-0.2, 0) is 14.3 Å². The zero-order valence-corrected chi connectivity index (χ0v) is 26.8. The summed E-state index contributed by atoms with van der Waals surface area (Å²) in [5.41, 5.74) is -0.195. The van der Waals surface area contributed by atoms with Gasteiger partial charge in [0.05, 0.1) is 17.7 Å². The van der Waals surface area contributed by atoms with Crippen LogP contribution in [0.5, 0.6) is 0 Å². The summed E-state index contributed by atoms with van der Waals surface area (Å²) in [6, 6.07) is 0. The van der Waals surface area contributed by atoms with Gasteiger partial charge >= 0.3 is 29.6 Å². The van der Waals surface area contributed by atoms with E-state index < -0.39 is 29.2 Å². The minimum atomic E-state index is -1.30. The standard InChI is InChI=1S/C31H46O6.Na/c1-19(12-13-25(37-8)28(3,4)36)10-9-11-20(2)26-21(32)18-23-29(5)17-15-24(33)31(7,27(34)35)22(29)14-16-30(23,26)6;/h9-13,22-25,33,36H,14-18H2,1-8H3,(H,34,35);/q;+1/p-1/b11-9+,13-12+,19-10+,26-20+;/t22-,23+,24-,25?,29+,30+,31-;/m1./s1. The molecule has 0 aromatic heterocycles. The zero-order valence-electron chi connectivity index (χ0n) is 24.8. The maximum Gasteiger partial charge on any atom is 1.00 e. The van der Waals surface area contributed by atoms with Gasteiger partial charge < -0.3 is 24.9 Å². The molecular formula is C31H45NaO6.